The maximum absolute atomic E-state index is 12.0. The Hall–Kier alpha value is -1.55. The van der Waals surface area contributed by atoms with Gasteiger partial charge < -0.3 is 15.8 Å². The summed E-state index contributed by atoms with van der Waals surface area (Å²) in [5.74, 6) is 0.0396. The van der Waals surface area contributed by atoms with Crippen LogP contribution in [0.1, 0.15) is 31.9 Å². The van der Waals surface area contributed by atoms with Crippen molar-refractivity contribution in [3.8, 4) is 0 Å². The van der Waals surface area contributed by atoms with Crippen molar-refractivity contribution in [1.29, 1.82) is 0 Å². The number of rotatable bonds is 3. The number of anilines is 1. The molecule has 3 unspecified atom stereocenters. The van der Waals surface area contributed by atoms with E-state index < -0.39 is 0 Å². The number of carbonyl (C=O) groups is 1. The molecule has 0 radical (unpaired) electrons. The molecule has 3 N–H and O–H groups in total. The lowest BCUT2D eigenvalue weighted by atomic mass is 10.0. The summed E-state index contributed by atoms with van der Waals surface area (Å²) < 4.78 is 5.41. The van der Waals surface area contributed by atoms with Crippen molar-refractivity contribution in [3.05, 3.63) is 29.8 Å². The Bertz CT molecular complexity index is 434. The second-order valence-corrected chi connectivity index (χ2v) is 4.98. The van der Waals surface area contributed by atoms with Gasteiger partial charge in [-0.1, -0.05) is 12.1 Å². The average molecular weight is 248 g/mol. The molecule has 1 fully saturated rings. The van der Waals surface area contributed by atoms with Crippen LogP contribution in [0.4, 0.5) is 5.69 Å². The maximum atomic E-state index is 12.0. The maximum Gasteiger partial charge on any atom is 0.226 e. The number of hydrogen-bond acceptors (Lipinski definition) is 3. The molecule has 4 heteroatoms. The largest absolute Gasteiger partial charge is 0.399 e. The highest BCUT2D eigenvalue weighted by atomic mass is 16.5. The average Bonchev–Trinajstić information content (AvgIpc) is 2.76. The summed E-state index contributed by atoms with van der Waals surface area (Å²) in [5.41, 5.74) is 7.47. The molecule has 98 valence electrons. The first kappa shape index (κ1) is 12.9. The monoisotopic (exact) mass is 248 g/mol. The molecule has 0 aliphatic carbocycles. The van der Waals surface area contributed by atoms with Crippen LogP contribution in [0.15, 0.2) is 24.3 Å². The van der Waals surface area contributed by atoms with Crippen LogP contribution in [-0.2, 0) is 9.53 Å². The molecule has 1 aliphatic rings. The first-order valence-corrected chi connectivity index (χ1v) is 6.33. The van der Waals surface area contributed by atoms with Gasteiger partial charge in [-0.25, -0.2) is 0 Å². The highest BCUT2D eigenvalue weighted by Gasteiger charge is 2.28. The molecular formula is C14H20N2O2. The van der Waals surface area contributed by atoms with E-state index in [-0.39, 0.29) is 24.0 Å². The Morgan fingerprint density at radius 2 is 2.33 bits per heavy atom. The highest BCUT2D eigenvalue weighted by molar-refractivity contribution is 5.79. The molecule has 1 heterocycles. The molecule has 1 aromatic rings. The molecule has 0 spiro atoms. The predicted molar refractivity (Wildman–Crippen MR) is 70.9 cm³/mol. The number of ether oxygens (including phenoxy) is 1. The Morgan fingerprint density at radius 1 is 1.56 bits per heavy atom. The zero-order valence-electron chi connectivity index (χ0n) is 10.8. The zero-order chi connectivity index (χ0) is 13.1. The molecule has 0 saturated carbocycles. The fraction of sp³-hybridized carbons (Fsp3) is 0.500. The summed E-state index contributed by atoms with van der Waals surface area (Å²) >= 11 is 0. The second kappa shape index (κ2) is 5.40. The summed E-state index contributed by atoms with van der Waals surface area (Å²) in [7, 11) is 0. The second-order valence-electron chi connectivity index (χ2n) is 4.98. The molecule has 1 amide bonds. The SMILES string of the molecule is CC1CC(C(=O)NC(C)c2cccc(N)c2)CO1. The Kier molecular flexibility index (Phi) is 3.87. The number of nitrogen functional groups attached to an aromatic ring is 1. The van der Waals surface area contributed by atoms with E-state index in [9.17, 15) is 4.79 Å². The lowest BCUT2D eigenvalue weighted by molar-refractivity contribution is -0.125. The van der Waals surface area contributed by atoms with E-state index in [2.05, 4.69) is 5.32 Å². The van der Waals surface area contributed by atoms with Gasteiger partial charge in [0.25, 0.3) is 0 Å². The van der Waals surface area contributed by atoms with Crippen LogP contribution in [-0.4, -0.2) is 18.6 Å². The summed E-state index contributed by atoms with van der Waals surface area (Å²) in [6, 6.07) is 7.56. The molecule has 1 aliphatic heterocycles. The van der Waals surface area contributed by atoms with E-state index in [1.807, 2.05) is 38.1 Å². The zero-order valence-corrected chi connectivity index (χ0v) is 10.8. The number of carbonyl (C=O) groups excluding carboxylic acids is 1. The minimum Gasteiger partial charge on any atom is -0.399 e. The number of benzene rings is 1. The van der Waals surface area contributed by atoms with E-state index in [0.717, 1.165) is 12.0 Å². The summed E-state index contributed by atoms with van der Waals surface area (Å²) in [4.78, 5) is 12.0. The van der Waals surface area contributed by atoms with E-state index in [1.54, 1.807) is 0 Å². The molecule has 0 aromatic heterocycles. The number of nitrogens with one attached hydrogen (secondary N) is 1. The minimum atomic E-state index is -0.0306. The molecule has 2 rings (SSSR count). The van der Waals surface area contributed by atoms with Gasteiger partial charge in [0, 0.05) is 5.69 Å². The van der Waals surface area contributed by atoms with E-state index in [1.165, 1.54) is 0 Å². The molecular weight excluding hydrogens is 228 g/mol. The number of hydrogen-bond donors (Lipinski definition) is 2. The van der Waals surface area contributed by atoms with Crippen molar-refractivity contribution in [1.82, 2.24) is 5.32 Å². The number of nitrogens with two attached hydrogens (primary N) is 1. The fourth-order valence-corrected chi connectivity index (χ4v) is 2.24. The Balaban J connectivity index is 1.95. The predicted octanol–water partition coefficient (Wildman–Crippen LogP) is 1.87. The third-order valence-electron chi connectivity index (χ3n) is 3.34. The van der Waals surface area contributed by atoms with Crippen molar-refractivity contribution in [2.45, 2.75) is 32.4 Å². The summed E-state index contributed by atoms with van der Waals surface area (Å²) in [6.45, 7) is 4.48. The van der Waals surface area contributed by atoms with Gasteiger partial charge >= 0.3 is 0 Å². The van der Waals surface area contributed by atoms with Crippen molar-refractivity contribution >= 4 is 11.6 Å². The normalized spacial score (nSPS) is 24.8. The molecule has 18 heavy (non-hydrogen) atoms. The standard InChI is InChI=1S/C14H20N2O2/c1-9-6-12(8-18-9)14(17)16-10(2)11-4-3-5-13(15)7-11/h3-5,7,9-10,12H,6,8,15H2,1-2H3,(H,16,17). The molecule has 1 saturated heterocycles. The lowest BCUT2D eigenvalue weighted by Gasteiger charge is -2.17. The van der Waals surface area contributed by atoms with Gasteiger partial charge in [0.2, 0.25) is 5.91 Å². The lowest BCUT2D eigenvalue weighted by Crippen LogP contribution is -2.33. The van der Waals surface area contributed by atoms with Crippen LogP contribution in [0.3, 0.4) is 0 Å². The van der Waals surface area contributed by atoms with Crippen LogP contribution in [0.2, 0.25) is 0 Å². The Labute approximate surface area is 108 Å². The van der Waals surface area contributed by atoms with Crippen LogP contribution in [0, 0.1) is 5.92 Å². The van der Waals surface area contributed by atoms with Crippen LogP contribution in [0.25, 0.3) is 0 Å². The molecule has 0 bridgehead atoms. The van der Waals surface area contributed by atoms with Gasteiger partial charge in [-0.2, -0.15) is 0 Å². The topological polar surface area (TPSA) is 64.4 Å². The quantitative estimate of drug-likeness (QED) is 0.803. The van der Waals surface area contributed by atoms with Crippen molar-refractivity contribution in [2.75, 3.05) is 12.3 Å². The van der Waals surface area contributed by atoms with Gasteiger partial charge in [0.15, 0.2) is 0 Å². The van der Waals surface area contributed by atoms with Gasteiger partial charge in [-0.15, -0.1) is 0 Å². The Morgan fingerprint density at radius 3 is 2.94 bits per heavy atom. The molecule has 1 aromatic carbocycles. The van der Waals surface area contributed by atoms with E-state index in [0.29, 0.717) is 12.3 Å². The van der Waals surface area contributed by atoms with Gasteiger partial charge in [0.05, 0.1) is 24.7 Å². The first-order chi connectivity index (χ1) is 8.56. The molecule has 4 nitrogen and oxygen atoms in total. The number of amides is 1. The van der Waals surface area contributed by atoms with Gasteiger partial charge in [0.1, 0.15) is 0 Å². The van der Waals surface area contributed by atoms with Crippen molar-refractivity contribution in [2.24, 2.45) is 5.92 Å². The third kappa shape index (κ3) is 3.01. The molecule has 3 atom stereocenters. The van der Waals surface area contributed by atoms with Gasteiger partial charge in [-0.05, 0) is 38.0 Å². The van der Waals surface area contributed by atoms with Crippen LogP contribution in [0.5, 0.6) is 0 Å². The van der Waals surface area contributed by atoms with Crippen LogP contribution < -0.4 is 11.1 Å². The van der Waals surface area contributed by atoms with Crippen molar-refractivity contribution in [3.63, 3.8) is 0 Å². The summed E-state index contributed by atoms with van der Waals surface area (Å²) in [5, 5.41) is 3.01. The van der Waals surface area contributed by atoms with Crippen LogP contribution >= 0.6 is 0 Å². The minimum absolute atomic E-state index is 0.0245. The van der Waals surface area contributed by atoms with E-state index in [4.69, 9.17) is 10.5 Å². The van der Waals surface area contributed by atoms with E-state index >= 15 is 0 Å². The highest BCUT2D eigenvalue weighted by Crippen LogP contribution is 2.21. The fourth-order valence-electron chi connectivity index (χ4n) is 2.24. The third-order valence-corrected chi connectivity index (χ3v) is 3.34. The van der Waals surface area contributed by atoms with Crippen molar-refractivity contribution < 1.29 is 9.53 Å². The summed E-state index contributed by atoms with van der Waals surface area (Å²) in [6.07, 6.45) is 0.985. The van der Waals surface area contributed by atoms with Gasteiger partial charge in [-0.3, -0.25) is 4.79 Å². The first-order valence-electron chi connectivity index (χ1n) is 6.33. The smallest absolute Gasteiger partial charge is 0.226 e.